The third kappa shape index (κ3) is 4.76. The fraction of sp³-hybridized carbons (Fsp3) is 0.400. The molecule has 1 aromatic carbocycles. The number of rotatable bonds is 6. The topological polar surface area (TPSA) is 77.3 Å². The first kappa shape index (κ1) is 20.7. The zero-order valence-electron chi connectivity index (χ0n) is 15.8. The molecule has 0 fully saturated rings. The zero-order valence-corrected chi connectivity index (χ0v) is 16.6. The van der Waals surface area contributed by atoms with Crippen LogP contribution in [-0.4, -0.2) is 43.1 Å². The Hall–Kier alpha value is -2.63. The van der Waals surface area contributed by atoms with E-state index in [1.807, 2.05) is 31.2 Å². The molecule has 2 unspecified atom stereocenters. The minimum atomic E-state index is -0.693. The van der Waals surface area contributed by atoms with Crippen molar-refractivity contribution in [2.24, 2.45) is 15.9 Å². The summed E-state index contributed by atoms with van der Waals surface area (Å²) in [5, 5.41) is 2.23. The molecule has 6 nitrogen and oxygen atoms in total. The summed E-state index contributed by atoms with van der Waals surface area (Å²) in [4.78, 5) is 33.5. The minimum Gasteiger partial charge on any atom is -0.468 e. The quantitative estimate of drug-likeness (QED) is 0.325. The highest BCUT2D eigenvalue weighted by Crippen LogP contribution is 2.40. The number of hydrogen-bond acceptors (Lipinski definition) is 7. The monoisotopic (exact) mass is 386 g/mol. The number of isothiocyanates is 1. The van der Waals surface area contributed by atoms with Crippen LogP contribution in [0.5, 0.6) is 0 Å². The van der Waals surface area contributed by atoms with Crippen LogP contribution in [0.2, 0.25) is 0 Å². The van der Waals surface area contributed by atoms with Gasteiger partial charge in [0, 0.05) is 17.3 Å². The van der Waals surface area contributed by atoms with Crippen LogP contribution in [0.25, 0.3) is 0 Å². The van der Waals surface area contributed by atoms with Crippen molar-refractivity contribution in [1.29, 1.82) is 0 Å². The third-order valence-electron chi connectivity index (χ3n) is 4.41. The van der Waals surface area contributed by atoms with E-state index < -0.39 is 23.8 Å². The van der Waals surface area contributed by atoms with E-state index in [0.29, 0.717) is 17.0 Å². The standard InChI is InChI=1S/C20H22N2O4S/c1-12-6-5-7-15(10-12)18-16(19(23)25-4)13(2)22-14(3)17(18)20(24)26-9-8-21-11-27/h5-7,10,16,18H,8-9H2,1-4H3. The van der Waals surface area contributed by atoms with E-state index in [1.165, 1.54) is 7.11 Å². The van der Waals surface area contributed by atoms with Gasteiger partial charge in [-0.1, -0.05) is 29.8 Å². The van der Waals surface area contributed by atoms with E-state index in [9.17, 15) is 9.59 Å². The highest BCUT2D eigenvalue weighted by molar-refractivity contribution is 7.78. The van der Waals surface area contributed by atoms with E-state index in [1.54, 1.807) is 13.8 Å². The average Bonchev–Trinajstić information content (AvgIpc) is 2.64. The molecule has 1 aliphatic rings. The Labute approximate surface area is 164 Å². The molecule has 27 heavy (non-hydrogen) atoms. The van der Waals surface area contributed by atoms with Crippen molar-refractivity contribution in [3.05, 3.63) is 46.7 Å². The fourth-order valence-corrected chi connectivity index (χ4v) is 3.36. The van der Waals surface area contributed by atoms with Gasteiger partial charge in [-0.25, -0.2) is 9.79 Å². The number of carbonyl (C=O) groups excluding carboxylic acids is 2. The number of aliphatic imine (C=N–C) groups is 2. The maximum absolute atomic E-state index is 12.8. The second-order valence-corrected chi connectivity index (χ2v) is 6.44. The number of carbonyl (C=O) groups is 2. The van der Waals surface area contributed by atoms with Gasteiger partial charge in [-0.3, -0.25) is 9.79 Å². The van der Waals surface area contributed by atoms with E-state index in [4.69, 9.17) is 9.47 Å². The molecule has 0 amide bonds. The van der Waals surface area contributed by atoms with Gasteiger partial charge < -0.3 is 9.47 Å². The number of benzene rings is 1. The van der Waals surface area contributed by atoms with Gasteiger partial charge in [-0.15, -0.1) is 0 Å². The first-order chi connectivity index (χ1) is 12.9. The summed E-state index contributed by atoms with van der Waals surface area (Å²) in [6, 6.07) is 7.70. The van der Waals surface area contributed by atoms with Crippen LogP contribution < -0.4 is 0 Å². The van der Waals surface area contributed by atoms with Gasteiger partial charge in [-0.2, -0.15) is 0 Å². The first-order valence-electron chi connectivity index (χ1n) is 8.51. The summed E-state index contributed by atoms with van der Waals surface area (Å²) in [7, 11) is 1.33. The molecule has 2 rings (SSSR count). The van der Waals surface area contributed by atoms with Crippen LogP contribution in [0.4, 0.5) is 0 Å². The fourth-order valence-electron chi connectivity index (χ4n) is 3.27. The van der Waals surface area contributed by atoms with Crippen molar-refractivity contribution in [1.82, 2.24) is 0 Å². The van der Waals surface area contributed by atoms with E-state index in [0.717, 1.165) is 11.1 Å². The van der Waals surface area contributed by atoms with Crippen LogP contribution in [0.15, 0.2) is 45.5 Å². The number of ether oxygens (including phenoxy) is 2. The van der Waals surface area contributed by atoms with Crippen molar-refractivity contribution in [2.75, 3.05) is 20.3 Å². The molecule has 0 bridgehead atoms. The lowest BCUT2D eigenvalue weighted by atomic mass is 9.75. The van der Waals surface area contributed by atoms with Crippen LogP contribution in [-0.2, 0) is 19.1 Å². The van der Waals surface area contributed by atoms with Crippen molar-refractivity contribution >= 4 is 35.0 Å². The lowest BCUT2D eigenvalue weighted by Gasteiger charge is -2.31. The Kier molecular flexibility index (Phi) is 7.16. The number of esters is 2. The molecule has 1 aliphatic heterocycles. The maximum Gasteiger partial charge on any atom is 0.336 e. The normalized spacial score (nSPS) is 19.0. The largest absolute Gasteiger partial charge is 0.468 e. The van der Waals surface area contributed by atoms with Crippen LogP contribution in [0.1, 0.15) is 30.9 Å². The second-order valence-electron chi connectivity index (χ2n) is 6.25. The van der Waals surface area contributed by atoms with Gasteiger partial charge >= 0.3 is 11.9 Å². The number of methoxy groups -OCH3 is 1. The van der Waals surface area contributed by atoms with Crippen LogP contribution >= 0.6 is 12.2 Å². The zero-order chi connectivity index (χ0) is 20.0. The lowest BCUT2D eigenvalue weighted by molar-refractivity contribution is -0.144. The highest BCUT2D eigenvalue weighted by Gasteiger charge is 2.42. The summed E-state index contributed by atoms with van der Waals surface area (Å²) in [5.74, 6) is -2.19. The molecule has 0 aromatic heterocycles. The minimum absolute atomic E-state index is 0.0748. The average molecular weight is 386 g/mol. The molecule has 2 atom stereocenters. The number of nitrogens with zero attached hydrogens (tertiary/aromatic N) is 2. The first-order valence-corrected chi connectivity index (χ1v) is 8.92. The molecule has 142 valence electrons. The number of hydrogen-bond donors (Lipinski definition) is 0. The Morgan fingerprint density at radius 3 is 2.67 bits per heavy atom. The second kappa shape index (κ2) is 9.35. The molecule has 0 aliphatic carbocycles. The van der Waals surface area contributed by atoms with Crippen LogP contribution in [0.3, 0.4) is 0 Å². The Balaban J connectivity index is 2.50. The summed E-state index contributed by atoms with van der Waals surface area (Å²) < 4.78 is 10.3. The number of allylic oxidation sites excluding steroid dienone is 1. The Bertz CT molecular complexity index is 853. The van der Waals surface area contributed by atoms with E-state index in [2.05, 4.69) is 27.4 Å². The van der Waals surface area contributed by atoms with Gasteiger partial charge in [0.15, 0.2) is 0 Å². The SMILES string of the molecule is COC(=O)C1C(C)=NC(C)=C(C(=O)OCCN=C=S)C1c1cccc(C)c1. The summed E-state index contributed by atoms with van der Waals surface area (Å²) in [5.41, 5.74) is 3.35. The van der Waals surface area contributed by atoms with Gasteiger partial charge in [0.1, 0.15) is 12.5 Å². The van der Waals surface area contributed by atoms with E-state index >= 15 is 0 Å². The molecule has 0 spiro atoms. The van der Waals surface area contributed by atoms with Gasteiger partial charge in [0.25, 0.3) is 0 Å². The summed E-state index contributed by atoms with van der Waals surface area (Å²) in [6.45, 7) is 5.78. The van der Waals surface area contributed by atoms with Gasteiger partial charge in [0.05, 0.1) is 24.4 Å². The summed E-state index contributed by atoms with van der Waals surface area (Å²) in [6.07, 6.45) is 0. The Morgan fingerprint density at radius 2 is 2.04 bits per heavy atom. The van der Waals surface area contributed by atoms with Crippen LogP contribution in [0, 0.1) is 12.8 Å². The molecule has 7 heteroatoms. The summed E-state index contributed by atoms with van der Waals surface area (Å²) >= 11 is 4.50. The van der Waals surface area contributed by atoms with Gasteiger partial charge in [-0.05, 0) is 38.6 Å². The molecule has 0 saturated carbocycles. The van der Waals surface area contributed by atoms with Gasteiger partial charge in [0.2, 0.25) is 0 Å². The van der Waals surface area contributed by atoms with E-state index in [-0.39, 0.29) is 13.2 Å². The highest BCUT2D eigenvalue weighted by atomic mass is 32.1. The molecule has 0 saturated heterocycles. The maximum atomic E-state index is 12.8. The van der Waals surface area contributed by atoms with Crippen molar-refractivity contribution < 1.29 is 19.1 Å². The molecule has 0 N–H and O–H groups in total. The lowest BCUT2D eigenvalue weighted by Crippen LogP contribution is -2.36. The molecular formula is C20H22N2O4S. The molecule has 1 heterocycles. The number of thiocarbonyl (C=S) groups is 1. The molecule has 0 radical (unpaired) electrons. The van der Waals surface area contributed by atoms with Crippen molar-refractivity contribution in [3.63, 3.8) is 0 Å². The van der Waals surface area contributed by atoms with Crippen molar-refractivity contribution in [2.45, 2.75) is 26.7 Å². The predicted octanol–water partition coefficient (Wildman–Crippen LogP) is 3.26. The predicted molar refractivity (Wildman–Crippen MR) is 106 cm³/mol. The molecule has 1 aromatic rings. The Morgan fingerprint density at radius 1 is 1.30 bits per heavy atom. The molecular weight excluding hydrogens is 364 g/mol. The number of aryl methyl sites for hydroxylation is 1. The third-order valence-corrected chi connectivity index (χ3v) is 4.53. The smallest absolute Gasteiger partial charge is 0.336 e. The van der Waals surface area contributed by atoms with Crippen molar-refractivity contribution in [3.8, 4) is 0 Å².